The van der Waals surface area contributed by atoms with Crippen LogP contribution < -0.4 is 4.74 Å². The molecule has 1 aliphatic heterocycles. The summed E-state index contributed by atoms with van der Waals surface area (Å²) in [6.07, 6.45) is -0.612. The number of hydrogen-bond donors (Lipinski definition) is 1. The van der Waals surface area contributed by atoms with Crippen LogP contribution in [0.2, 0.25) is 0 Å². The summed E-state index contributed by atoms with van der Waals surface area (Å²) in [5, 5.41) is 12.9. The zero-order chi connectivity index (χ0) is 21.1. The van der Waals surface area contributed by atoms with Gasteiger partial charge in [-0.15, -0.1) is 0 Å². The lowest BCUT2D eigenvalue weighted by atomic mass is 10.0. The van der Waals surface area contributed by atoms with Gasteiger partial charge >= 0.3 is 0 Å². The molecule has 3 aromatic carbocycles. The second-order valence-corrected chi connectivity index (χ2v) is 9.44. The minimum Gasteiger partial charge on any atom is -0.497 e. The first-order valence-corrected chi connectivity index (χ1v) is 11.4. The van der Waals surface area contributed by atoms with Crippen LogP contribution in [0.5, 0.6) is 5.75 Å². The monoisotopic (exact) mass is 426 g/mol. The van der Waals surface area contributed by atoms with Gasteiger partial charge in [-0.1, -0.05) is 36.4 Å². The van der Waals surface area contributed by atoms with Gasteiger partial charge < -0.3 is 9.84 Å². The molecular formula is C23H26N2O4S. The molecule has 1 saturated heterocycles. The van der Waals surface area contributed by atoms with E-state index in [4.69, 9.17) is 4.74 Å². The predicted molar refractivity (Wildman–Crippen MR) is 117 cm³/mol. The Labute approximate surface area is 177 Å². The second kappa shape index (κ2) is 8.73. The van der Waals surface area contributed by atoms with E-state index in [1.807, 2.05) is 42.5 Å². The van der Waals surface area contributed by atoms with Crippen molar-refractivity contribution in [1.82, 2.24) is 9.21 Å². The Morgan fingerprint density at radius 1 is 0.933 bits per heavy atom. The maximum Gasteiger partial charge on any atom is 0.243 e. The highest BCUT2D eigenvalue weighted by Gasteiger charge is 2.29. The third-order valence-electron chi connectivity index (χ3n) is 5.62. The Hall–Kier alpha value is -2.45. The fraction of sp³-hybridized carbons (Fsp3) is 0.304. The van der Waals surface area contributed by atoms with E-state index < -0.39 is 16.1 Å². The van der Waals surface area contributed by atoms with E-state index in [1.165, 1.54) is 4.31 Å². The van der Waals surface area contributed by atoms with Gasteiger partial charge in [-0.25, -0.2) is 8.42 Å². The highest BCUT2D eigenvalue weighted by molar-refractivity contribution is 7.89. The molecule has 0 aliphatic carbocycles. The summed E-state index contributed by atoms with van der Waals surface area (Å²) < 4.78 is 32.4. The van der Waals surface area contributed by atoms with Crippen LogP contribution in [0, 0.1) is 0 Å². The molecule has 158 valence electrons. The lowest BCUT2D eigenvalue weighted by Gasteiger charge is -2.35. The molecule has 1 N–H and O–H groups in total. The van der Waals surface area contributed by atoms with E-state index in [2.05, 4.69) is 4.90 Å². The molecule has 6 nitrogen and oxygen atoms in total. The molecule has 30 heavy (non-hydrogen) atoms. The number of nitrogens with zero attached hydrogens (tertiary/aromatic N) is 2. The first-order valence-electron chi connectivity index (χ1n) is 10.0. The van der Waals surface area contributed by atoms with Gasteiger partial charge in [-0.05, 0) is 46.7 Å². The van der Waals surface area contributed by atoms with Crippen LogP contribution in [-0.2, 0) is 10.0 Å². The van der Waals surface area contributed by atoms with Gasteiger partial charge in [0.15, 0.2) is 0 Å². The lowest BCUT2D eigenvalue weighted by Crippen LogP contribution is -2.49. The van der Waals surface area contributed by atoms with Crippen LogP contribution in [-0.4, -0.2) is 62.6 Å². The molecular weight excluding hydrogens is 400 g/mol. The standard InChI is InChI=1S/C23H26N2O4S/c1-29-21-8-10-22(11-9-21)30(27,28)25-14-12-24(13-15-25)17-23(26)20-7-6-18-4-2-3-5-19(18)16-20/h2-11,16,23,26H,12-15,17H2,1H3. The van der Waals surface area contributed by atoms with Gasteiger partial charge in [-0.3, -0.25) is 4.90 Å². The molecule has 0 saturated carbocycles. The van der Waals surface area contributed by atoms with Crippen molar-refractivity contribution in [2.24, 2.45) is 0 Å². The van der Waals surface area contributed by atoms with Crippen LogP contribution >= 0.6 is 0 Å². The SMILES string of the molecule is COc1ccc(S(=O)(=O)N2CCN(CC(O)c3ccc4ccccc4c3)CC2)cc1. The average molecular weight is 427 g/mol. The summed E-state index contributed by atoms with van der Waals surface area (Å²) >= 11 is 0. The molecule has 1 fully saturated rings. The Balaban J connectivity index is 1.37. The molecule has 1 unspecified atom stereocenters. The third-order valence-corrected chi connectivity index (χ3v) is 7.53. The molecule has 0 bridgehead atoms. The van der Waals surface area contributed by atoms with E-state index in [1.54, 1.807) is 31.4 Å². The molecule has 7 heteroatoms. The van der Waals surface area contributed by atoms with Crippen molar-refractivity contribution >= 4 is 20.8 Å². The largest absolute Gasteiger partial charge is 0.497 e. The zero-order valence-corrected chi connectivity index (χ0v) is 17.8. The Morgan fingerprint density at radius 3 is 2.27 bits per heavy atom. The Kier molecular flexibility index (Phi) is 6.06. The number of ether oxygens (including phenoxy) is 1. The molecule has 0 amide bonds. The van der Waals surface area contributed by atoms with Crippen molar-refractivity contribution in [2.75, 3.05) is 39.8 Å². The van der Waals surface area contributed by atoms with Gasteiger partial charge in [0.25, 0.3) is 0 Å². The number of hydrogen-bond acceptors (Lipinski definition) is 5. The summed E-state index contributed by atoms with van der Waals surface area (Å²) in [6, 6.07) is 20.5. The zero-order valence-electron chi connectivity index (χ0n) is 16.9. The number of sulfonamides is 1. The van der Waals surface area contributed by atoms with Crippen LogP contribution in [0.3, 0.4) is 0 Å². The molecule has 4 rings (SSSR count). The number of aliphatic hydroxyl groups is 1. The number of rotatable bonds is 6. The van der Waals surface area contributed by atoms with E-state index in [0.29, 0.717) is 38.5 Å². The number of fused-ring (bicyclic) bond motifs is 1. The molecule has 1 aliphatic rings. The quantitative estimate of drug-likeness (QED) is 0.656. The van der Waals surface area contributed by atoms with Crippen molar-refractivity contribution in [3.63, 3.8) is 0 Å². The first-order chi connectivity index (χ1) is 14.5. The summed E-state index contributed by atoms with van der Waals surface area (Å²) in [7, 11) is -1.98. The lowest BCUT2D eigenvalue weighted by molar-refractivity contribution is 0.0922. The van der Waals surface area contributed by atoms with Gasteiger partial charge in [0.1, 0.15) is 5.75 Å². The van der Waals surface area contributed by atoms with Crippen molar-refractivity contribution in [1.29, 1.82) is 0 Å². The fourth-order valence-electron chi connectivity index (χ4n) is 3.81. The summed E-state index contributed by atoms with van der Waals surface area (Å²) in [5.41, 5.74) is 0.877. The maximum atomic E-state index is 12.9. The molecule has 0 radical (unpaired) electrons. The predicted octanol–water partition coefficient (Wildman–Crippen LogP) is 2.89. The highest BCUT2D eigenvalue weighted by Crippen LogP contribution is 2.23. The van der Waals surface area contributed by atoms with Gasteiger partial charge in [0, 0.05) is 32.7 Å². The highest BCUT2D eigenvalue weighted by atomic mass is 32.2. The molecule has 3 aromatic rings. The minimum atomic E-state index is -3.53. The van der Waals surface area contributed by atoms with Gasteiger partial charge in [0.05, 0.1) is 18.1 Å². The van der Waals surface area contributed by atoms with Crippen molar-refractivity contribution < 1.29 is 18.3 Å². The van der Waals surface area contributed by atoms with Crippen molar-refractivity contribution in [2.45, 2.75) is 11.0 Å². The number of aliphatic hydroxyl groups excluding tert-OH is 1. The molecule has 1 heterocycles. The van der Waals surface area contributed by atoms with Crippen molar-refractivity contribution in [3.05, 3.63) is 72.3 Å². The first kappa shape index (κ1) is 20.8. The van der Waals surface area contributed by atoms with Crippen LogP contribution in [0.15, 0.2) is 71.6 Å². The van der Waals surface area contributed by atoms with Crippen molar-refractivity contribution in [3.8, 4) is 5.75 Å². The van der Waals surface area contributed by atoms with E-state index in [-0.39, 0.29) is 4.90 Å². The number of piperazine rings is 1. The Morgan fingerprint density at radius 2 is 1.60 bits per heavy atom. The van der Waals surface area contributed by atoms with Crippen LogP contribution in [0.1, 0.15) is 11.7 Å². The second-order valence-electron chi connectivity index (χ2n) is 7.50. The van der Waals surface area contributed by atoms with Gasteiger partial charge in [-0.2, -0.15) is 4.31 Å². The fourth-order valence-corrected chi connectivity index (χ4v) is 5.24. The number of methoxy groups -OCH3 is 1. The van der Waals surface area contributed by atoms with Gasteiger partial charge in [0.2, 0.25) is 10.0 Å². The average Bonchev–Trinajstić information content (AvgIpc) is 2.79. The number of benzene rings is 3. The summed E-state index contributed by atoms with van der Waals surface area (Å²) in [5.74, 6) is 0.626. The van der Waals surface area contributed by atoms with Crippen LogP contribution in [0.25, 0.3) is 10.8 Å². The van der Waals surface area contributed by atoms with E-state index in [9.17, 15) is 13.5 Å². The molecule has 0 spiro atoms. The Bertz CT molecular complexity index is 1110. The third kappa shape index (κ3) is 4.34. The summed E-state index contributed by atoms with van der Waals surface area (Å²) in [4.78, 5) is 2.38. The maximum absolute atomic E-state index is 12.9. The molecule has 1 atom stereocenters. The van der Waals surface area contributed by atoms with Crippen LogP contribution in [0.4, 0.5) is 0 Å². The minimum absolute atomic E-state index is 0.271. The topological polar surface area (TPSA) is 70.1 Å². The van der Waals surface area contributed by atoms with E-state index >= 15 is 0 Å². The summed E-state index contributed by atoms with van der Waals surface area (Å²) in [6.45, 7) is 2.45. The number of β-amino-alcohol motifs (C(OH)–C–C–N with tert-alkyl or cyclic N) is 1. The molecule has 0 aromatic heterocycles. The normalized spacial score (nSPS) is 17.1. The van der Waals surface area contributed by atoms with E-state index in [0.717, 1.165) is 16.3 Å². The smallest absolute Gasteiger partial charge is 0.243 e.